The predicted molar refractivity (Wildman–Crippen MR) is 44.3 cm³/mol. The van der Waals surface area contributed by atoms with Crippen LogP contribution in [0.3, 0.4) is 0 Å². The predicted octanol–water partition coefficient (Wildman–Crippen LogP) is 0.785. The number of hydrogen-bond acceptors (Lipinski definition) is 2. The highest BCUT2D eigenvalue weighted by Gasteiger charge is 2.01. The quantitative estimate of drug-likeness (QED) is 0.658. The van der Waals surface area contributed by atoms with E-state index in [2.05, 4.69) is 4.98 Å². The molecule has 0 aliphatic rings. The Hall–Kier alpha value is -1.09. The van der Waals surface area contributed by atoms with E-state index < -0.39 is 0 Å². The molecule has 11 heavy (non-hydrogen) atoms. The fraction of sp³-hybridized carbons (Fsp3) is 0.375. The lowest BCUT2D eigenvalue weighted by Gasteiger charge is -2.06. The Balaban J connectivity index is 2.96. The van der Waals surface area contributed by atoms with Gasteiger partial charge in [0, 0.05) is 17.8 Å². The topological polar surface area (TPSA) is 58.9 Å². The number of hydrogen-bond donors (Lipinski definition) is 2. The summed E-state index contributed by atoms with van der Waals surface area (Å²) in [6.07, 6.45) is 0.833. The van der Waals surface area contributed by atoms with E-state index in [1.807, 2.05) is 13.0 Å². The third-order valence-electron chi connectivity index (χ3n) is 1.63. The molecule has 0 unspecified atom stereocenters. The van der Waals surface area contributed by atoms with Crippen LogP contribution in [0, 0.1) is 0 Å². The van der Waals surface area contributed by atoms with Gasteiger partial charge in [-0.25, -0.2) is 0 Å². The van der Waals surface area contributed by atoms with Gasteiger partial charge in [0.1, 0.15) is 0 Å². The van der Waals surface area contributed by atoms with Crippen LogP contribution in [0.15, 0.2) is 23.0 Å². The number of aromatic amines is 1. The number of rotatable bonds is 2. The lowest BCUT2D eigenvalue weighted by Crippen LogP contribution is -2.15. The van der Waals surface area contributed by atoms with Gasteiger partial charge in [0.15, 0.2) is 0 Å². The molecule has 0 aliphatic carbocycles. The number of H-pyrrole nitrogens is 1. The second kappa shape index (κ2) is 3.34. The van der Waals surface area contributed by atoms with Crippen molar-refractivity contribution < 1.29 is 0 Å². The number of aromatic nitrogens is 1. The summed E-state index contributed by atoms with van der Waals surface area (Å²) in [4.78, 5) is 13.5. The third kappa shape index (κ3) is 1.91. The van der Waals surface area contributed by atoms with E-state index in [-0.39, 0.29) is 11.6 Å². The van der Waals surface area contributed by atoms with Gasteiger partial charge in [0.25, 0.3) is 0 Å². The molecule has 60 valence electrons. The lowest BCUT2D eigenvalue weighted by atomic mass is 10.1. The summed E-state index contributed by atoms with van der Waals surface area (Å²) >= 11 is 0. The molecule has 1 aromatic heterocycles. The van der Waals surface area contributed by atoms with Crippen LogP contribution in [0.4, 0.5) is 0 Å². The summed E-state index contributed by atoms with van der Waals surface area (Å²) in [5.41, 5.74) is 6.41. The maximum atomic E-state index is 10.8. The number of nitrogens with one attached hydrogen (secondary N) is 1. The molecule has 3 nitrogen and oxygen atoms in total. The maximum Gasteiger partial charge on any atom is 0.248 e. The van der Waals surface area contributed by atoms with Gasteiger partial charge in [-0.05, 0) is 12.5 Å². The summed E-state index contributed by atoms with van der Waals surface area (Å²) in [6.45, 7) is 1.98. The van der Waals surface area contributed by atoms with Crippen LogP contribution in [-0.4, -0.2) is 4.98 Å². The first-order valence-electron chi connectivity index (χ1n) is 3.69. The molecule has 0 aromatic carbocycles. The first-order chi connectivity index (χ1) is 5.24. The second-order valence-corrected chi connectivity index (χ2v) is 2.49. The molecule has 0 radical (unpaired) electrons. The van der Waals surface area contributed by atoms with Crippen molar-refractivity contribution in [1.29, 1.82) is 0 Å². The van der Waals surface area contributed by atoms with Crippen molar-refractivity contribution in [2.75, 3.05) is 0 Å². The highest BCUT2D eigenvalue weighted by atomic mass is 16.1. The zero-order valence-electron chi connectivity index (χ0n) is 6.50. The van der Waals surface area contributed by atoms with Crippen LogP contribution in [-0.2, 0) is 0 Å². The van der Waals surface area contributed by atoms with Gasteiger partial charge in [0.2, 0.25) is 5.56 Å². The Morgan fingerprint density at radius 2 is 2.36 bits per heavy atom. The van der Waals surface area contributed by atoms with Crippen molar-refractivity contribution in [2.45, 2.75) is 19.4 Å². The van der Waals surface area contributed by atoms with Crippen molar-refractivity contribution in [1.82, 2.24) is 4.98 Å². The van der Waals surface area contributed by atoms with Crippen molar-refractivity contribution in [3.63, 3.8) is 0 Å². The van der Waals surface area contributed by atoms with Crippen LogP contribution in [0.5, 0.6) is 0 Å². The van der Waals surface area contributed by atoms with Crippen LogP contribution in [0.1, 0.15) is 25.1 Å². The molecule has 0 bridgehead atoms. The van der Waals surface area contributed by atoms with Crippen molar-refractivity contribution >= 4 is 0 Å². The molecule has 1 rings (SSSR count). The van der Waals surface area contributed by atoms with Gasteiger partial charge in [-0.1, -0.05) is 13.0 Å². The molecule has 0 spiro atoms. The van der Waals surface area contributed by atoms with Gasteiger partial charge in [-0.15, -0.1) is 0 Å². The lowest BCUT2D eigenvalue weighted by molar-refractivity contribution is 0.673. The summed E-state index contributed by atoms with van der Waals surface area (Å²) in [5, 5.41) is 0. The summed E-state index contributed by atoms with van der Waals surface area (Å²) in [6, 6.07) is 4.97. The highest BCUT2D eigenvalue weighted by molar-refractivity contribution is 5.07. The maximum absolute atomic E-state index is 10.8. The van der Waals surface area contributed by atoms with Crippen molar-refractivity contribution in [2.24, 2.45) is 5.73 Å². The summed E-state index contributed by atoms with van der Waals surface area (Å²) in [5.74, 6) is 0. The molecular weight excluding hydrogens is 140 g/mol. The van der Waals surface area contributed by atoms with Gasteiger partial charge in [-0.3, -0.25) is 4.79 Å². The molecule has 1 aromatic rings. The molecule has 3 heteroatoms. The van der Waals surface area contributed by atoms with E-state index in [1.165, 1.54) is 6.07 Å². The Kier molecular flexibility index (Phi) is 2.44. The smallest absolute Gasteiger partial charge is 0.248 e. The van der Waals surface area contributed by atoms with Crippen molar-refractivity contribution in [3.8, 4) is 0 Å². The van der Waals surface area contributed by atoms with Gasteiger partial charge >= 0.3 is 0 Å². The Morgan fingerprint density at radius 1 is 1.64 bits per heavy atom. The standard InChI is InChI=1S/C8H12N2O/c1-2-6(9)7-4-3-5-8(11)10-7/h3-6H,2,9H2,1H3,(H,10,11)/t6-/m0/s1. The molecule has 3 N–H and O–H groups in total. The number of nitrogens with two attached hydrogens (primary N) is 1. The Morgan fingerprint density at radius 3 is 2.91 bits per heavy atom. The minimum absolute atomic E-state index is 0.0519. The molecule has 0 fully saturated rings. The number of pyridine rings is 1. The molecule has 0 amide bonds. The Bertz CT molecular complexity index is 279. The zero-order valence-corrected chi connectivity index (χ0v) is 6.50. The SMILES string of the molecule is CC[C@H](N)c1cccc(=O)[nH]1. The Labute approximate surface area is 65.2 Å². The average molecular weight is 152 g/mol. The summed E-state index contributed by atoms with van der Waals surface area (Å²) < 4.78 is 0. The van der Waals surface area contributed by atoms with Crippen molar-refractivity contribution in [3.05, 3.63) is 34.2 Å². The first-order valence-corrected chi connectivity index (χ1v) is 3.69. The van der Waals surface area contributed by atoms with Crippen LogP contribution >= 0.6 is 0 Å². The van der Waals surface area contributed by atoms with Crippen LogP contribution < -0.4 is 11.3 Å². The average Bonchev–Trinajstić information content (AvgIpc) is 2.03. The molecule has 0 saturated heterocycles. The normalized spacial score (nSPS) is 12.9. The molecular formula is C8H12N2O. The second-order valence-electron chi connectivity index (χ2n) is 2.49. The van der Waals surface area contributed by atoms with Crippen LogP contribution in [0.2, 0.25) is 0 Å². The fourth-order valence-electron chi connectivity index (χ4n) is 0.901. The minimum Gasteiger partial charge on any atom is -0.325 e. The van der Waals surface area contributed by atoms with E-state index in [1.54, 1.807) is 6.07 Å². The van der Waals surface area contributed by atoms with E-state index >= 15 is 0 Å². The van der Waals surface area contributed by atoms with E-state index in [4.69, 9.17) is 5.73 Å². The van der Waals surface area contributed by atoms with Crippen LogP contribution in [0.25, 0.3) is 0 Å². The molecule has 1 atom stereocenters. The van der Waals surface area contributed by atoms with E-state index in [0.29, 0.717) is 0 Å². The van der Waals surface area contributed by atoms with Gasteiger partial charge in [-0.2, -0.15) is 0 Å². The van der Waals surface area contributed by atoms with Gasteiger partial charge in [0.05, 0.1) is 0 Å². The van der Waals surface area contributed by atoms with E-state index in [9.17, 15) is 4.79 Å². The monoisotopic (exact) mass is 152 g/mol. The van der Waals surface area contributed by atoms with Gasteiger partial charge < -0.3 is 10.7 Å². The highest BCUT2D eigenvalue weighted by Crippen LogP contribution is 2.06. The fourth-order valence-corrected chi connectivity index (χ4v) is 0.901. The van der Waals surface area contributed by atoms with E-state index in [0.717, 1.165) is 12.1 Å². The molecule has 0 aliphatic heterocycles. The molecule has 1 heterocycles. The molecule has 0 saturated carbocycles. The largest absolute Gasteiger partial charge is 0.325 e. The third-order valence-corrected chi connectivity index (χ3v) is 1.63. The zero-order chi connectivity index (χ0) is 8.27. The first kappa shape index (κ1) is 8.01. The summed E-state index contributed by atoms with van der Waals surface area (Å²) in [7, 11) is 0. The minimum atomic E-state index is -0.0913.